The lowest BCUT2D eigenvalue weighted by Crippen LogP contribution is -2.44. The Morgan fingerprint density at radius 2 is 2.10 bits per heavy atom. The lowest BCUT2D eigenvalue weighted by molar-refractivity contribution is -0.121. The van der Waals surface area contributed by atoms with Crippen LogP contribution in [0.3, 0.4) is 0 Å². The maximum Gasteiger partial charge on any atom is 0.0838 e. The number of aliphatic hydroxyl groups is 1. The van der Waals surface area contributed by atoms with Gasteiger partial charge in [-0.15, -0.1) is 0 Å². The van der Waals surface area contributed by atoms with Gasteiger partial charge in [-0.1, -0.05) is 0 Å². The fourth-order valence-corrected chi connectivity index (χ4v) is 4.79. The summed E-state index contributed by atoms with van der Waals surface area (Å²) in [5.41, 5.74) is 2.66. The number of aryl methyl sites for hydroxylation is 2. The highest BCUT2D eigenvalue weighted by atomic mass is 32.2. The van der Waals surface area contributed by atoms with E-state index in [-0.39, 0.29) is 11.5 Å². The molecule has 0 amide bonds. The van der Waals surface area contributed by atoms with Crippen molar-refractivity contribution in [2.45, 2.75) is 51.2 Å². The van der Waals surface area contributed by atoms with E-state index in [1.165, 1.54) is 11.5 Å². The lowest BCUT2D eigenvalue weighted by Gasteiger charge is -2.44. The largest absolute Gasteiger partial charge is 0.388 e. The smallest absolute Gasteiger partial charge is 0.0838 e. The fourth-order valence-electron chi connectivity index (χ4n) is 3.55. The van der Waals surface area contributed by atoms with Crippen LogP contribution in [0.15, 0.2) is 6.07 Å². The highest BCUT2D eigenvalue weighted by Crippen LogP contribution is 2.43. The van der Waals surface area contributed by atoms with Crippen LogP contribution in [-0.2, 0) is 4.74 Å². The second-order valence-corrected chi connectivity index (χ2v) is 7.59. The molecule has 0 aliphatic carbocycles. The number of aliphatic hydroxyl groups excluding tert-OH is 1. The Bertz CT molecular complexity index is 498. The predicted octanol–water partition coefficient (Wildman–Crippen LogP) is 2.82. The molecule has 0 radical (unpaired) electrons. The summed E-state index contributed by atoms with van der Waals surface area (Å²) < 4.78 is 6.12. The maximum atomic E-state index is 10.8. The minimum absolute atomic E-state index is 0.0125. The summed E-state index contributed by atoms with van der Waals surface area (Å²) in [6.45, 7) is 4.62. The van der Waals surface area contributed by atoms with E-state index in [1.54, 1.807) is 0 Å². The normalized spacial score (nSPS) is 26.7. The highest BCUT2D eigenvalue weighted by molar-refractivity contribution is 7.99. The third kappa shape index (κ3) is 3.25. The standard InChI is InChI=1S/C16H24N2O2S/c1-11-9-14(12(2)18-17-11)15(19)13-3-6-20-16(10-13)4-7-21-8-5-16/h9,13,15,19H,3-8,10H2,1-2H3. The summed E-state index contributed by atoms with van der Waals surface area (Å²) in [5, 5.41) is 19.1. The molecule has 2 aliphatic heterocycles. The molecule has 1 aromatic heterocycles. The van der Waals surface area contributed by atoms with E-state index in [9.17, 15) is 5.11 Å². The Labute approximate surface area is 130 Å². The van der Waals surface area contributed by atoms with Crippen molar-refractivity contribution >= 4 is 11.8 Å². The first-order valence-corrected chi connectivity index (χ1v) is 8.96. The fraction of sp³-hybridized carbons (Fsp3) is 0.750. The molecular weight excluding hydrogens is 284 g/mol. The Morgan fingerprint density at radius 3 is 2.86 bits per heavy atom. The van der Waals surface area contributed by atoms with E-state index in [0.717, 1.165) is 49.2 Å². The van der Waals surface area contributed by atoms with E-state index < -0.39 is 6.10 Å². The van der Waals surface area contributed by atoms with Crippen LogP contribution in [0.2, 0.25) is 0 Å². The van der Waals surface area contributed by atoms with Gasteiger partial charge in [-0.05, 0) is 63.0 Å². The van der Waals surface area contributed by atoms with Gasteiger partial charge < -0.3 is 9.84 Å². The van der Waals surface area contributed by atoms with E-state index >= 15 is 0 Å². The molecule has 0 bridgehead atoms. The molecule has 21 heavy (non-hydrogen) atoms. The zero-order valence-electron chi connectivity index (χ0n) is 12.8. The summed E-state index contributed by atoms with van der Waals surface area (Å²) in [6, 6.07) is 1.98. The molecule has 0 saturated carbocycles. The number of nitrogens with zero attached hydrogens (tertiary/aromatic N) is 2. The minimum Gasteiger partial charge on any atom is -0.388 e. The Kier molecular flexibility index (Phi) is 4.52. The Hall–Kier alpha value is -0.650. The van der Waals surface area contributed by atoms with Crippen molar-refractivity contribution in [2.75, 3.05) is 18.1 Å². The summed E-state index contributed by atoms with van der Waals surface area (Å²) in [6.07, 6.45) is 3.68. The summed E-state index contributed by atoms with van der Waals surface area (Å²) in [7, 11) is 0. The van der Waals surface area contributed by atoms with E-state index in [1.807, 2.05) is 31.7 Å². The molecule has 2 aliphatic rings. The molecule has 3 rings (SSSR count). The molecule has 2 saturated heterocycles. The molecule has 2 fully saturated rings. The molecule has 1 N–H and O–H groups in total. The Morgan fingerprint density at radius 1 is 1.33 bits per heavy atom. The molecule has 1 aromatic rings. The monoisotopic (exact) mass is 308 g/mol. The van der Waals surface area contributed by atoms with Crippen LogP contribution >= 0.6 is 11.8 Å². The van der Waals surface area contributed by atoms with Gasteiger partial charge in [0.15, 0.2) is 0 Å². The molecule has 4 nitrogen and oxygen atoms in total. The van der Waals surface area contributed by atoms with Crippen molar-refractivity contribution in [1.82, 2.24) is 10.2 Å². The zero-order valence-corrected chi connectivity index (χ0v) is 13.7. The summed E-state index contributed by atoms with van der Waals surface area (Å²) >= 11 is 2.01. The topological polar surface area (TPSA) is 55.2 Å². The third-order valence-electron chi connectivity index (χ3n) is 4.84. The van der Waals surface area contributed by atoms with Crippen LogP contribution in [0.5, 0.6) is 0 Å². The van der Waals surface area contributed by atoms with Gasteiger partial charge in [-0.3, -0.25) is 0 Å². The molecule has 1 spiro atoms. The van der Waals surface area contributed by atoms with Crippen LogP contribution in [-0.4, -0.2) is 39.0 Å². The first-order chi connectivity index (χ1) is 10.1. The van der Waals surface area contributed by atoms with E-state index in [0.29, 0.717) is 0 Å². The van der Waals surface area contributed by atoms with E-state index in [4.69, 9.17) is 4.74 Å². The molecule has 2 atom stereocenters. The average Bonchev–Trinajstić information content (AvgIpc) is 2.50. The van der Waals surface area contributed by atoms with Gasteiger partial charge in [0.05, 0.1) is 23.1 Å². The first-order valence-electron chi connectivity index (χ1n) is 7.80. The van der Waals surface area contributed by atoms with E-state index in [2.05, 4.69) is 10.2 Å². The van der Waals surface area contributed by atoms with Crippen molar-refractivity contribution in [3.05, 3.63) is 23.0 Å². The lowest BCUT2D eigenvalue weighted by atomic mass is 9.78. The van der Waals surface area contributed by atoms with Crippen molar-refractivity contribution < 1.29 is 9.84 Å². The zero-order chi connectivity index (χ0) is 14.9. The summed E-state index contributed by atoms with van der Waals surface area (Å²) in [5.74, 6) is 2.62. The first kappa shape index (κ1) is 15.3. The number of hydrogen-bond donors (Lipinski definition) is 1. The van der Waals surface area contributed by atoms with Gasteiger partial charge in [-0.25, -0.2) is 0 Å². The van der Waals surface area contributed by atoms with Crippen LogP contribution in [0.25, 0.3) is 0 Å². The van der Waals surface area contributed by atoms with Gasteiger partial charge >= 0.3 is 0 Å². The quantitative estimate of drug-likeness (QED) is 0.910. The van der Waals surface area contributed by atoms with Gasteiger partial charge in [0, 0.05) is 12.2 Å². The minimum atomic E-state index is -0.449. The van der Waals surface area contributed by atoms with Crippen LogP contribution < -0.4 is 0 Å². The second-order valence-electron chi connectivity index (χ2n) is 6.37. The van der Waals surface area contributed by atoms with Crippen molar-refractivity contribution in [2.24, 2.45) is 5.92 Å². The predicted molar refractivity (Wildman–Crippen MR) is 84.4 cm³/mol. The third-order valence-corrected chi connectivity index (χ3v) is 5.83. The maximum absolute atomic E-state index is 10.8. The number of thioether (sulfide) groups is 1. The number of rotatable bonds is 2. The van der Waals surface area contributed by atoms with Crippen LogP contribution in [0.1, 0.15) is 48.7 Å². The highest BCUT2D eigenvalue weighted by Gasteiger charge is 2.41. The number of ether oxygens (including phenoxy) is 1. The second kappa shape index (κ2) is 6.23. The number of aromatic nitrogens is 2. The van der Waals surface area contributed by atoms with Gasteiger partial charge in [-0.2, -0.15) is 22.0 Å². The summed E-state index contributed by atoms with van der Waals surface area (Å²) in [4.78, 5) is 0. The molecule has 3 heterocycles. The van der Waals surface area contributed by atoms with Crippen molar-refractivity contribution in [3.63, 3.8) is 0 Å². The van der Waals surface area contributed by atoms with Crippen LogP contribution in [0, 0.1) is 19.8 Å². The molecule has 116 valence electrons. The van der Waals surface area contributed by atoms with Gasteiger partial charge in [0.2, 0.25) is 0 Å². The molecule has 2 unspecified atom stereocenters. The number of hydrogen-bond acceptors (Lipinski definition) is 5. The average molecular weight is 308 g/mol. The SMILES string of the molecule is Cc1cc(C(O)C2CCOC3(CCSCC3)C2)c(C)nn1. The molecule has 0 aromatic carbocycles. The van der Waals surface area contributed by atoms with Gasteiger partial charge in [0.1, 0.15) is 0 Å². The van der Waals surface area contributed by atoms with Crippen molar-refractivity contribution in [1.29, 1.82) is 0 Å². The molecule has 5 heteroatoms. The van der Waals surface area contributed by atoms with Gasteiger partial charge in [0.25, 0.3) is 0 Å². The van der Waals surface area contributed by atoms with Crippen molar-refractivity contribution in [3.8, 4) is 0 Å². The Balaban J connectivity index is 1.77. The van der Waals surface area contributed by atoms with Crippen LogP contribution in [0.4, 0.5) is 0 Å². The molecular formula is C16H24N2O2S.